The predicted molar refractivity (Wildman–Crippen MR) is 57.4 cm³/mol. The molecule has 1 saturated heterocycles. The number of aliphatic hydroxyl groups excluding tert-OH is 1. The summed E-state index contributed by atoms with van der Waals surface area (Å²) in [4.78, 5) is 21.6. The molecule has 5 nitrogen and oxygen atoms in total. The van der Waals surface area contributed by atoms with Crippen molar-refractivity contribution >= 4 is 5.91 Å². The third kappa shape index (κ3) is 2.36. The van der Waals surface area contributed by atoms with Crippen molar-refractivity contribution in [2.75, 3.05) is 13.2 Å². The van der Waals surface area contributed by atoms with Crippen molar-refractivity contribution < 1.29 is 9.90 Å². The maximum absolute atomic E-state index is 11.6. The first-order valence-corrected chi connectivity index (χ1v) is 5.36. The first-order chi connectivity index (χ1) is 7.69. The van der Waals surface area contributed by atoms with Crippen molar-refractivity contribution in [1.29, 1.82) is 0 Å². The summed E-state index contributed by atoms with van der Waals surface area (Å²) in [5.74, 6) is 0.883. The Kier molecular flexibility index (Phi) is 3.14. The number of nitrogens with zero attached hydrogens (tertiary/aromatic N) is 3. The lowest BCUT2D eigenvalue weighted by molar-refractivity contribution is -0.128. The molecule has 0 saturated carbocycles. The van der Waals surface area contributed by atoms with E-state index in [2.05, 4.69) is 9.97 Å². The zero-order chi connectivity index (χ0) is 11.5. The second-order valence-electron chi connectivity index (χ2n) is 4.12. The summed E-state index contributed by atoms with van der Waals surface area (Å²) in [5.41, 5.74) is 0.847. The fourth-order valence-corrected chi connectivity index (χ4v) is 1.92. The molecule has 1 aliphatic rings. The van der Waals surface area contributed by atoms with Crippen LogP contribution in [0.25, 0.3) is 0 Å². The van der Waals surface area contributed by atoms with Gasteiger partial charge in [0.1, 0.15) is 5.82 Å². The minimum absolute atomic E-state index is 0.0744. The number of rotatable bonds is 3. The van der Waals surface area contributed by atoms with Crippen molar-refractivity contribution in [3.63, 3.8) is 0 Å². The fourth-order valence-electron chi connectivity index (χ4n) is 1.92. The van der Waals surface area contributed by atoms with Crippen LogP contribution in [-0.4, -0.2) is 39.0 Å². The van der Waals surface area contributed by atoms with Crippen LogP contribution in [0.4, 0.5) is 0 Å². The molecule has 2 heterocycles. The van der Waals surface area contributed by atoms with E-state index in [-0.39, 0.29) is 18.4 Å². The maximum Gasteiger partial charge on any atom is 0.223 e. The van der Waals surface area contributed by atoms with Gasteiger partial charge < -0.3 is 10.0 Å². The summed E-state index contributed by atoms with van der Waals surface area (Å²) >= 11 is 0. The highest BCUT2D eigenvalue weighted by Crippen LogP contribution is 2.18. The number of aliphatic hydroxyl groups is 1. The van der Waals surface area contributed by atoms with Gasteiger partial charge in [-0.15, -0.1) is 0 Å². The van der Waals surface area contributed by atoms with Gasteiger partial charge in [0.2, 0.25) is 5.91 Å². The molecule has 1 N–H and O–H groups in total. The van der Waals surface area contributed by atoms with Crippen LogP contribution in [-0.2, 0) is 11.3 Å². The van der Waals surface area contributed by atoms with E-state index >= 15 is 0 Å². The lowest BCUT2D eigenvalue weighted by atomic mass is 10.1. The summed E-state index contributed by atoms with van der Waals surface area (Å²) in [6.45, 7) is 3.04. The molecular weight excluding hydrogens is 206 g/mol. The topological polar surface area (TPSA) is 66.3 Å². The van der Waals surface area contributed by atoms with Crippen LogP contribution in [0.2, 0.25) is 0 Å². The van der Waals surface area contributed by atoms with Crippen LogP contribution >= 0.6 is 0 Å². The summed E-state index contributed by atoms with van der Waals surface area (Å²) in [5, 5.41) is 9.01. The van der Waals surface area contributed by atoms with Gasteiger partial charge in [0.15, 0.2) is 0 Å². The summed E-state index contributed by atoms with van der Waals surface area (Å²) in [7, 11) is 0. The summed E-state index contributed by atoms with van der Waals surface area (Å²) in [6.07, 6.45) is 2.14. The second kappa shape index (κ2) is 4.57. The molecule has 16 heavy (non-hydrogen) atoms. The third-order valence-corrected chi connectivity index (χ3v) is 2.74. The number of amides is 1. The number of carbonyl (C=O) groups is 1. The van der Waals surface area contributed by atoms with Crippen LogP contribution in [0.3, 0.4) is 0 Å². The van der Waals surface area contributed by atoms with Crippen molar-refractivity contribution in [3.8, 4) is 0 Å². The molecule has 0 spiro atoms. The van der Waals surface area contributed by atoms with E-state index < -0.39 is 0 Å². The van der Waals surface area contributed by atoms with Crippen LogP contribution in [0.5, 0.6) is 0 Å². The van der Waals surface area contributed by atoms with E-state index in [0.717, 1.165) is 5.69 Å². The molecule has 1 aromatic heterocycles. The number of carbonyl (C=O) groups excluding carboxylic acids is 1. The van der Waals surface area contributed by atoms with Gasteiger partial charge in [0.25, 0.3) is 0 Å². The van der Waals surface area contributed by atoms with Crippen LogP contribution in [0.15, 0.2) is 12.3 Å². The predicted octanol–water partition coefficient (Wildman–Crippen LogP) is 0.126. The molecule has 1 unspecified atom stereocenters. The molecule has 0 aromatic carbocycles. The van der Waals surface area contributed by atoms with Gasteiger partial charge in [-0.1, -0.05) is 0 Å². The number of aryl methyl sites for hydroxylation is 1. The van der Waals surface area contributed by atoms with Crippen LogP contribution < -0.4 is 0 Å². The van der Waals surface area contributed by atoms with Gasteiger partial charge in [-0.25, -0.2) is 9.97 Å². The molecule has 1 amide bonds. The lowest BCUT2D eigenvalue weighted by Crippen LogP contribution is -2.25. The highest BCUT2D eigenvalue weighted by molar-refractivity contribution is 5.78. The Morgan fingerprint density at radius 3 is 3.06 bits per heavy atom. The van der Waals surface area contributed by atoms with E-state index in [1.165, 1.54) is 0 Å². The van der Waals surface area contributed by atoms with Crippen molar-refractivity contribution in [1.82, 2.24) is 14.9 Å². The highest BCUT2D eigenvalue weighted by Gasteiger charge is 2.28. The van der Waals surface area contributed by atoms with Crippen molar-refractivity contribution in [2.45, 2.75) is 19.9 Å². The normalized spacial score (nSPS) is 20.5. The van der Waals surface area contributed by atoms with Gasteiger partial charge in [-0.3, -0.25) is 4.79 Å². The summed E-state index contributed by atoms with van der Waals surface area (Å²) < 4.78 is 0. The van der Waals surface area contributed by atoms with E-state index in [9.17, 15) is 4.79 Å². The molecule has 1 aliphatic heterocycles. The highest BCUT2D eigenvalue weighted by atomic mass is 16.3. The Morgan fingerprint density at radius 2 is 2.44 bits per heavy atom. The Morgan fingerprint density at radius 1 is 1.62 bits per heavy atom. The minimum Gasteiger partial charge on any atom is -0.396 e. The SMILES string of the molecule is Cc1nccc(CN2CC(CO)CC2=O)n1. The van der Waals surface area contributed by atoms with Gasteiger partial charge in [-0.05, 0) is 13.0 Å². The van der Waals surface area contributed by atoms with E-state index in [1.807, 2.05) is 13.0 Å². The molecular formula is C11H15N3O2. The standard InChI is InChI=1S/C11H15N3O2/c1-8-12-3-2-10(13-8)6-14-5-9(7-15)4-11(14)16/h2-3,9,15H,4-7H2,1H3. The second-order valence-corrected chi connectivity index (χ2v) is 4.12. The Labute approximate surface area is 94.1 Å². The van der Waals surface area contributed by atoms with E-state index in [1.54, 1.807) is 11.1 Å². The van der Waals surface area contributed by atoms with Crippen molar-refractivity contribution in [2.24, 2.45) is 5.92 Å². The smallest absolute Gasteiger partial charge is 0.223 e. The van der Waals surface area contributed by atoms with Gasteiger partial charge in [0.05, 0.1) is 12.2 Å². The van der Waals surface area contributed by atoms with Crippen LogP contribution in [0.1, 0.15) is 17.9 Å². The molecule has 86 valence electrons. The summed E-state index contributed by atoms with van der Waals surface area (Å²) in [6, 6.07) is 1.81. The van der Waals surface area contributed by atoms with Gasteiger partial charge in [0, 0.05) is 31.7 Å². The number of hydrogen-bond acceptors (Lipinski definition) is 4. The Balaban J connectivity index is 2.03. The molecule has 1 aromatic rings. The van der Waals surface area contributed by atoms with E-state index in [0.29, 0.717) is 25.3 Å². The molecule has 0 aliphatic carbocycles. The monoisotopic (exact) mass is 221 g/mol. The third-order valence-electron chi connectivity index (χ3n) is 2.74. The lowest BCUT2D eigenvalue weighted by Gasteiger charge is -2.15. The number of aromatic nitrogens is 2. The van der Waals surface area contributed by atoms with E-state index in [4.69, 9.17) is 5.11 Å². The number of hydrogen-bond donors (Lipinski definition) is 1. The molecule has 2 rings (SSSR count). The maximum atomic E-state index is 11.6. The van der Waals surface area contributed by atoms with Crippen molar-refractivity contribution in [3.05, 3.63) is 23.8 Å². The first-order valence-electron chi connectivity index (χ1n) is 5.36. The average molecular weight is 221 g/mol. The zero-order valence-corrected chi connectivity index (χ0v) is 9.26. The average Bonchev–Trinajstić information content (AvgIpc) is 2.60. The first kappa shape index (κ1) is 11.0. The largest absolute Gasteiger partial charge is 0.396 e. The quantitative estimate of drug-likeness (QED) is 0.787. The Hall–Kier alpha value is -1.49. The minimum atomic E-state index is 0.0744. The molecule has 1 fully saturated rings. The molecule has 1 atom stereocenters. The Bertz CT molecular complexity index is 395. The molecule has 5 heteroatoms. The fraction of sp³-hybridized carbons (Fsp3) is 0.545. The van der Waals surface area contributed by atoms with Gasteiger partial charge >= 0.3 is 0 Å². The van der Waals surface area contributed by atoms with Gasteiger partial charge in [-0.2, -0.15) is 0 Å². The molecule has 0 radical (unpaired) electrons. The zero-order valence-electron chi connectivity index (χ0n) is 9.26. The van der Waals surface area contributed by atoms with Crippen LogP contribution in [0, 0.1) is 12.8 Å². The molecule has 0 bridgehead atoms. The number of likely N-dealkylation sites (tertiary alicyclic amines) is 1.